The van der Waals surface area contributed by atoms with E-state index in [0.717, 1.165) is 12.1 Å². The van der Waals surface area contributed by atoms with E-state index in [0.29, 0.717) is 6.29 Å². The highest BCUT2D eigenvalue weighted by Gasteiger charge is 2.22. The predicted molar refractivity (Wildman–Crippen MR) is 49.1 cm³/mol. The number of hydrogen-bond donors (Lipinski definition) is 2. The topological polar surface area (TPSA) is 98.4 Å². The lowest BCUT2D eigenvalue weighted by molar-refractivity contribution is -0.147. The fraction of sp³-hybridized carbons (Fsp3) is 0.100. The van der Waals surface area contributed by atoms with Gasteiger partial charge in [0.05, 0.1) is 5.56 Å². The molecule has 0 radical (unpaired) electrons. The number of carbonyl (C=O) groups excluding carboxylic acids is 1. The molecule has 0 saturated carbocycles. The Balaban J connectivity index is 3.44. The molecule has 5 nitrogen and oxygen atoms in total. The van der Waals surface area contributed by atoms with E-state index in [-0.39, 0.29) is 5.56 Å². The molecule has 82 valence electrons. The van der Waals surface area contributed by atoms with Crippen LogP contribution in [0.2, 0.25) is 0 Å². The monoisotopic (exact) mass is 223 g/mol. The highest BCUT2D eigenvalue weighted by Crippen LogP contribution is 2.21. The highest BCUT2D eigenvalue weighted by molar-refractivity contribution is 5.79. The molecule has 0 aliphatic carbocycles. The van der Waals surface area contributed by atoms with Gasteiger partial charge in [-0.1, -0.05) is 0 Å². The maximum Gasteiger partial charge on any atom is 0.337 e. The van der Waals surface area contributed by atoms with Crippen LogP contribution >= 0.6 is 0 Å². The van der Waals surface area contributed by atoms with E-state index in [1.54, 1.807) is 0 Å². The van der Waals surface area contributed by atoms with Crippen molar-refractivity contribution in [1.82, 2.24) is 0 Å². The van der Waals surface area contributed by atoms with Crippen LogP contribution < -0.4 is 0 Å². The van der Waals surface area contributed by atoms with E-state index in [4.69, 9.17) is 15.5 Å². The largest absolute Gasteiger partial charge is 0.479 e. The fourth-order valence-electron chi connectivity index (χ4n) is 1.15. The van der Waals surface area contributed by atoms with Crippen molar-refractivity contribution in [3.8, 4) is 6.07 Å². The van der Waals surface area contributed by atoms with Gasteiger partial charge in [-0.05, 0) is 12.1 Å². The summed E-state index contributed by atoms with van der Waals surface area (Å²) in [6.07, 6.45) is -1.77. The van der Waals surface area contributed by atoms with Crippen molar-refractivity contribution in [1.29, 1.82) is 5.26 Å². The van der Waals surface area contributed by atoms with E-state index in [9.17, 15) is 14.0 Å². The second kappa shape index (κ2) is 4.51. The summed E-state index contributed by atoms with van der Waals surface area (Å²) in [6.45, 7) is 0. The lowest BCUT2D eigenvalue weighted by atomic mass is 10.0. The average molecular weight is 223 g/mol. The Hall–Kier alpha value is -2.26. The predicted octanol–water partition coefficient (Wildman–Crippen LogP) is 0.628. The molecule has 1 rings (SSSR count). The van der Waals surface area contributed by atoms with E-state index < -0.39 is 29.0 Å². The number of halogens is 1. The van der Waals surface area contributed by atoms with E-state index in [2.05, 4.69) is 0 Å². The minimum atomic E-state index is -2.10. The molecular formula is C10H6FNO4. The molecule has 0 fully saturated rings. The van der Waals surface area contributed by atoms with Gasteiger partial charge < -0.3 is 10.2 Å². The molecule has 1 atom stereocenters. The lowest BCUT2D eigenvalue weighted by Gasteiger charge is -2.08. The number of hydrogen-bond acceptors (Lipinski definition) is 4. The molecule has 16 heavy (non-hydrogen) atoms. The van der Waals surface area contributed by atoms with Gasteiger partial charge >= 0.3 is 5.97 Å². The number of aldehydes is 1. The minimum Gasteiger partial charge on any atom is -0.479 e. The number of carboxylic acid groups (broad SMARTS) is 1. The van der Waals surface area contributed by atoms with Gasteiger partial charge in [-0.3, -0.25) is 4.79 Å². The molecular weight excluding hydrogens is 217 g/mol. The van der Waals surface area contributed by atoms with Crippen molar-refractivity contribution < 1.29 is 24.2 Å². The third-order valence-electron chi connectivity index (χ3n) is 1.91. The van der Waals surface area contributed by atoms with Crippen LogP contribution in [-0.2, 0) is 4.79 Å². The fourth-order valence-corrected chi connectivity index (χ4v) is 1.15. The van der Waals surface area contributed by atoms with E-state index in [1.165, 1.54) is 6.07 Å². The first-order valence-corrected chi connectivity index (χ1v) is 4.10. The molecule has 0 saturated heterocycles. The standard InChI is InChI=1S/C10H6FNO4/c11-8-6(3-12)1-5(4-13)2-7(8)9(14)10(15)16/h1-2,4,9,14H,(H,15,16). The molecule has 1 aromatic rings. The van der Waals surface area contributed by atoms with Crippen LogP contribution in [0.5, 0.6) is 0 Å². The second-order valence-corrected chi connectivity index (χ2v) is 2.94. The van der Waals surface area contributed by atoms with Gasteiger partial charge in [0.25, 0.3) is 0 Å². The number of carbonyl (C=O) groups is 2. The van der Waals surface area contributed by atoms with Gasteiger partial charge in [-0.25, -0.2) is 9.18 Å². The van der Waals surface area contributed by atoms with Crippen LogP contribution in [0.15, 0.2) is 12.1 Å². The molecule has 1 aromatic carbocycles. The van der Waals surface area contributed by atoms with Crippen LogP contribution in [0.3, 0.4) is 0 Å². The zero-order valence-corrected chi connectivity index (χ0v) is 7.85. The van der Waals surface area contributed by atoms with Crippen molar-refractivity contribution in [2.75, 3.05) is 0 Å². The maximum absolute atomic E-state index is 13.4. The van der Waals surface area contributed by atoms with E-state index in [1.807, 2.05) is 0 Å². The maximum atomic E-state index is 13.4. The third kappa shape index (κ3) is 2.04. The number of rotatable bonds is 3. The Bertz CT molecular complexity index is 492. The van der Waals surface area contributed by atoms with Crippen molar-refractivity contribution in [2.45, 2.75) is 6.10 Å². The number of nitrogens with zero attached hydrogens (tertiary/aromatic N) is 1. The highest BCUT2D eigenvalue weighted by atomic mass is 19.1. The molecule has 0 aliphatic heterocycles. The first-order valence-electron chi connectivity index (χ1n) is 4.10. The van der Waals surface area contributed by atoms with Gasteiger partial charge in [0.2, 0.25) is 0 Å². The van der Waals surface area contributed by atoms with Gasteiger partial charge in [0, 0.05) is 11.1 Å². The number of aliphatic hydroxyl groups excluding tert-OH is 1. The Morgan fingerprint density at radius 2 is 2.19 bits per heavy atom. The smallest absolute Gasteiger partial charge is 0.337 e. The summed E-state index contributed by atoms with van der Waals surface area (Å²) in [5, 5.41) is 26.2. The summed E-state index contributed by atoms with van der Waals surface area (Å²) >= 11 is 0. The van der Waals surface area contributed by atoms with Gasteiger partial charge in [-0.15, -0.1) is 0 Å². The van der Waals surface area contributed by atoms with Crippen LogP contribution in [0.25, 0.3) is 0 Å². The van der Waals surface area contributed by atoms with Crippen molar-refractivity contribution in [2.24, 2.45) is 0 Å². The number of nitriles is 1. The van der Waals surface area contributed by atoms with Crippen LogP contribution in [0.1, 0.15) is 27.6 Å². The molecule has 0 aliphatic rings. The van der Waals surface area contributed by atoms with Gasteiger partial charge in [0.15, 0.2) is 6.10 Å². The molecule has 0 bridgehead atoms. The zero-order chi connectivity index (χ0) is 12.3. The van der Waals surface area contributed by atoms with E-state index >= 15 is 0 Å². The SMILES string of the molecule is N#Cc1cc(C=O)cc(C(O)C(=O)O)c1F. The first kappa shape index (κ1) is 11.8. The Morgan fingerprint density at radius 1 is 1.56 bits per heavy atom. The molecule has 0 amide bonds. The van der Waals surface area contributed by atoms with Gasteiger partial charge in [0.1, 0.15) is 18.2 Å². The third-order valence-corrected chi connectivity index (χ3v) is 1.91. The zero-order valence-electron chi connectivity index (χ0n) is 7.85. The number of aliphatic carboxylic acids is 1. The van der Waals surface area contributed by atoms with Crippen molar-refractivity contribution >= 4 is 12.3 Å². The summed E-state index contributed by atoms with van der Waals surface area (Å²) in [5.41, 5.74) is -1.16. The summed E-state index contributed by atoms with van der Waals surface area (Å²) in [7, 11) is 0. The second-order valence-electron chi connectivity index (χ2n) is 2.94. The summed E-state index contributed by atoms with van der Waals surface area (Å²) in [5.74, 6) is -2.80. The average Bonchev–Trinajstić information content (AvgIpc) is 2.28. The first-order chi connectivity index (χ1) is 7.51. The summed E-state index contributed by atoms with van der Waals surface area (Å²) in [6, 6.07) is 3.33. The van der Waals surface area contributed by atoms with Crippen molar-refractivity contribution in [3.05, 3.63) is 34.6 Å². The Kier molecular flexibility index (Phi) is 3.33. The molecule has 0 spiro atoms. The van der Waals surface area contributed by atoms with Crippen LogP contribution in [0, 0.1) is 17.1 Å². The number of carboxylic acids is 1. The minimum absolute atomic E-state index is 0.0757. The molecule has 2 N–H and O–H groups in total. The Labute approximate surface area is 89.4 Å². The summed E-state index contributed by atoms with van der Waals surface area (Å²) in [4.78, 5) is 20.9. The molecule has 0 aromatic heterocycles. The van der Waals surface area contributed by atoms with Gasteiger partial charge in [-0.2, -0.15) is 5.26 Å². The normalized spacial score (nSPS) is 11.6. The van der Waals surface area contributed by atoms with Crippen LogP contribution in [-0.4, -0.2) is 22.5 Å². The number of aliphatic hydroxyl groups is 1. The quantitative estimate of drug-likeness (QED) is 0.732. The molecule has 6 heteroatoms. The summed E-state index contributed by atoms with van der Waals surface area (Å²) < 4.78 is 13.4. The molecule has 0 heterocycles. The van der Waals surface area contributed by atoms with Crippen molar-refractivity contribution in [3.63, 3.8) is 0 Å². The Morgan fingerprint density at radius 3 is 2.62 bits per heavy atom. The lowest BCUT2D eigenvalue weighted by Crippen LogP contribution is -2.13. The number of benzene rings is 1. The van der Waals surface area contributed by atoms with Crippen LogP contribution in [0.4, 0.5) is 4.39 Å². The molecule has 1 unspecified atom stereocenters.